The maximum absolute atomic E-state index is 12.7. The van der Waals surface area contributed by atoms with Crippen LogP contribution in [0.25, 0.3) is 10.6 Å². The van der Waals surface area contributed by atoms with Gasteiger partial charge in [0, 0.05) is 25.6 Å². The minimum atomic E-state index is -0.0830. The molecule has 1 saturated heterocycles. The van der Waals surface area contributed by atoms with Crippen LogP contribution in [0.3, 0.4) is 0 Å². The quantitative estimate of drug-likeness (QED) is 0.823. The smallest absolute Gasteiger partial charge is 0.267 e. The summed E-state index contributed by atoms with van der Waals surface area (Å²) in [5, 5.41) is 6.62. The summed E-state index contributed by atoms with van der Waals surface area (Å²) < 4.78 is 1.60. The van der Waals surface area contributed by atoms with E-state index in [4.69, 9.17) is 0 Å². The number of amides is 1. The van der Waals surface area contributed by atoms with Gasteiger partial charge in [0.25, 0.3) is 5.56 Å². The Labute approximate surface area is 157 Å². The number of aromatic nitrogens is 2. The summed E-state index contributed by atoms with van der Waals surface area (Å²) in [6.07, 6.45) is 7.39. The van der Waals surface area contributed by atoms with Gasteiger partial charge in [0.05, 0.1) is 10.9 Å². The van der Waals surface area contributed by atoms with E-state index in [2.05, 4.69) is 5.10 Å². The molecule has 3 heterocycles. The van der Waals surface area contributed by atoms with E-state index >= 15 is 0 Å². The van der Waals surface area contributed by atoms with Crippen LogP contribution in [0.15, 0.2) is 34.4 Å². The molecule has 2 fully saturated rings. The zero-order valence-electron chi connectivity index (χ0n) is 15.0. The highest BCUT2D eigenvalue weighted by Crippen LogP contribution is 2.29. The predicted octanol–water partition coefficient (Wildman–Crippen LogP) is 3.72. The SMILES string of the molecule is O=C(CC1CCCC1)N1CCCC(n2nc(-c3cccs3)ccc2=O)C1. The van der Waals surface area contributed by atoms with Crippen molar-refractivity contribution in [1.82, 2.24) is 14.7 Å². The van der Waals surface area contributed by atoms with Gasteiger partial charge < -0.3 is 4.90 Å². The molecular formula is C20H25N3O2S. The molecule has 138 valence electrons. The van der Waals surface area contributed by atoms with Crippen molar-refractivity contribution in [3.63, 3.8) is 0 Å². The maximum atomic E-state index is 12.7. The number of piperidine rings is 1. The second-order valence-electron chi connectivity index (χ2n) is 7.47. The van der Waals surface area contributed by atoms with E-state index < -0.39 is 0 Å². The lowest BCUT2D eigenvalue weighted by Crippen LogP contribution is -2.43. The van der Waals surface area contributed by atoms with Gasteiger partial charge in [0.2, 0.25) is 5.91 Å². The van der Waals surface area contributed by atoms with Crippen LogP contribution in [0.5, 0.6) is 0 Å². The molecule has 1 amide bonds. The lowest BCUT2D eigenvalue weighted by molar-refractivity contribution is -0.133. The molecule has 0 N–H and O–H groups in total. The molecule has 6 heteroatoms. The first kappa shape index (κ1) is 17.5. The van der Waals surface area contributed by atoms with Gasteiger partial charge in [-0.25, -0.2) is 4.68 Å². The van der Waals surface area contributed by atoms with Crippen LogP contribution in [-0.4, -0.2) is 33.7 Å². The van der Waals surface area contributed by atoms with Gasteiger partial charge in [-0.3, -0.25) is 9.59 Å². The van der Waals surface area contributed by atoms with Gasteiger partial charge in [0.15, 0.2) is 0 Å². The normalized spacial score (nSPS) is 21.2. The van der Waals surface area contributed by atoms with E-state index in [1.54, 1.807) is 28.2 Å². The fourth-order valence-electron chi connectivity index (χ4n) is 4.21. The largest absolute Gasteiger partial charge is 0.341 e. The lowest BCUT2D eigenvalue weighted by Gasteiger charge is -2.33. The third kappa shape index (κ3) is 3.75. The van der Waals surface area contributed by atoms with E-state index in [0.717, 1.165) is 30.0 Å². The van der Waals surface area contributed by atoms with Crippen molar-refractivity contribution in [1.29, 1.82) is 0 Å². The Balaban J connectivity index is 1.49. The average Bonchev–Trinajstić information content (AvgIpc) is 3.36. The van der Waals surface area contributed by atoms with Gasteiger partial charge in [-0.2, -0.15) is 5.10 Å². The average molecular weight is 372 g/mol. The Morgan fingerprint density at radius 2 is 2.00 bits per heavy atom. The first-order valence-corrected chi connectivity index (χ1v) is 10.5. The van der Waals surface area contributed by atoms with Crippen LogP contribution in [-0.2, 0) is 4.79 Å². The number of carbonyl (C=O) groups excluding carboxylic acids is 1. The lowest BCUT2D eigenvalue weighted by atomic mass is 10.0. The minimum Gasteiger partial charge on any atom is -0.341 e. The maximum Gasteiger partial charge on any atom is 0.267 e. The summed E-state index contributed by atoms with van der Waals surface area (Å²) in [7, 11) is 0. The van der Waals surface area contributed by atoms with Crippen LogP contribution >= 0.6 is 11.3 Å². The van der Waals surface area contributed by atoms with Gasteiger partial charge in [-0.05, 0) is 49.1 Å². The number of carbonyl (C=O) groups is 1. The molecule has 0 spiro atoms. The molecule has 1 unspecified atom stereocenters. The highest BCUT2D eigenvalue weighted by Gasteiger charge is 2.28. The monoisotopic (exact) mass is 371 g/mol. The molecule has 2 aliphatic rings. The Morgan fingerprint density at radius 1 is 1.15 bits per heavy atom. The molecular weight excluding hydrogens is 346 g/mol. The van der Waals surface area contributed by atoms with Crippen LogP contribution in [0.4, 0.5) is 0 Å². The molecule has 1 saturated carbocycles. The number of nitrogens with zero attached hydrogens (tertiary/aromatic N) is 3. The van der Waals surface area contributed by atoms with Crippen molar-refractivity contribution in [3.8, 4) is 10.6 Å². The van der Waals surface area contributed by atoms with Gasteiger partial charge in [0.1, 0.15) is 5.69 Å². The summed E-state index contributed by atoms with van der Waals surface area (Å²) in [4.78, 5) is 28.1. The number of thiophene rings is 1. The third-order valence-electron chi connectivity index (χ3n) is 5.63. The summed E-state index contributed by atoms with van der Waals surface area (Å²) in [6.45, 7) is 1.41. The number of rotatable bonds is 4. The molecule has 0 aromatic carbocycles. The molecule has 0 bridgehead atoms. The van der Waals surface area contributed by atoms with Crippen molar-refractivity contribution < 1.29 is 4.79 Å². The fourth-order valence-corrected chi connectivity index (χ4v) is 4.90. The second kappa shape index (κ2) is 7.74. The molecule has 4 rings (SSSR count). The zero-order chi connectivity index (χ0) is 17.9. The topological polar surface area (TPSA) is 55.2 Å². The minimum absolute atomic E-state index is 0.0244. The van der Waals surface area contributed by atoms with Crippen molar-refractivity contribution in [3.05, 3.63) is 40.0 Å². The van der Waals surface area contributed by atoms with Crippen LogP contribution in [0.2, 0.25) is 0 Å². The van der Waals surface area contributed by atoms with Crippen LogP contribution in [0.1, 0.15) is 51.0 Å². The molecule has 1 aliphatic heterocycles. The second-order valence-corrected chi connectivity index (χ2v) is 8.42. The molecule has 1 aliphatic carbocycles. The van der Waals surface area contributed by atoms with Crippen molar-refractivity contribution in [2.24, 2.45) is 5.92 Å². The third-order valence-corrected chi connectivity index (χ3v) is 6.52. The highest BCUT2D eigenvalue weighted by atomic mass is 32.1. The Morgan fingerprint density at radius 3 is 2.77 bits per heavy atom. The first-order chi connectivity index (χ1) is 12.7. The zero-order valence-corrected chi connectivity index (χ0v) is 15.8. The highest BCUT2D eigenvalue weighted by molar-refractivity contribution is 7.13. The Bertz CT molecular complexity index is 809. The van der Waals surface area contributed by atoms with E-state index in [0.29, 0.717) is 18.9 Å². The van der Waals surface area contributed by atoms with Crippen molar-refractivity contribution in [2.45, 2.75) is 51.0 Å². The summed E-state index contributed by atoms with van der Waals surface area (Å²) in [6, 6.07) is 7.36. The van der Waals surface area contributed by atoms with Crippen molar-refractivity contribution in [2.75, 3.05) is 13.1 Å². The van der Waals surface area contributed by atoms with E-state index in [9.17, 15) is 9.59 Å². The standard InChI is InChI=1S/C20H25N3O2S/c24-19-10-9-17(18-8-4-12-26-18)21-23(19)16-7-3-11-22(14-16)20(25)13-15-5-1-2-6-15/h4,8-10,12,15-16H,1-3,5-7,11,13-14H2. The fraction of sp³-hybridized carbons (Fsp3) is 0.550. The van der Waals surface area contributed by atoms with E-state index in [1.807, 2.05) is 22.4 Å². The molecule has 2 aromatic rings. The van der Waals surface area contributed by atoms with E-state index in [-0.39, 0.29) is 17.5 Å². The molecule has 26 heavy (non-hydrogen) atoms. The van der Waals surface area contributed by atoms with Crippen molar-refractivity contribution >= 4 is 17.2 Å². The first-order valence-electron chi connectivity index (χ1n) is 9.62. The number of hydrogen-bond acceptors (Lipinski definition) is 4. The summed E-state index contributed by atoms with van der Waals surface area (Å²) in [5.74, 6) is 0.815. The summed E-state index contributed by atoms with van der Waals surface area (Å²) >= 11 is 1.62. The Hall–Kier alpha value is -1.95. The van der Waals surface area contributed by atoms with Crippen LogP contribution < -0.4 is 5.56 Å². The van der Waals surface area contributed by atoms with Gasteiger partial charge >= 0.3 is 0 Å². The number of likely N-dealkylation sites (tertiary alicyclic amines) is 1. The van der Waals surface area contributed by atoms with E-state index in [1.165, 1.54) is 25.7 Å². The molecule has 5 nitrogen and oxygen atoms in total. The van der Waals surface area contributed by atoms with Crippen LogP contribution in [0, 0.1) is 5.92 Å². The van der Waals surface area contributed by atoms with Gasteiger partial charge in [-0.1, -0.05) is 18.9 Å². The number of hydrogen-bond donors (Lipinski definition) is 0. The molecule has 1 atom stereocenters. The van der Waals surface area contributed by atoms with Gasteiger partial charge in [-0.15, -0.1) is 11.3 Å². The molecule has 2 aromatic heterocycles. The predicted molar refractivity (Wildman–Crippen MR) is 103 cm³/mol. The summed E-state index contributed by atoms with van der Waals surface area (Å²) in [5.41, 5.74) is 0.745. The Kier molecular flexibility index (Phi) is 5.20. The molecule has 0 radical (unpaired) electrons.